The minimum Gasteiger partial charge on any atom is -0.465 e. The normalized spacial score (nSPS) is 10.3. The summed E-state index contributed by atoms with van der Waals surface area (Å²) in [7, 11) is 1.29. The molecule has 2 aromatic carbocycles. The fraction of sp³-hybridized carbons (Fsp3) is 0.0588. The Kier molecular flexibility index (Phi) is 4.97. The number of nitrogens with one attached hydrogen (secondary N) is 2. The standard InChI is InChI=1S/C17H13F2N5O2/c1-26-16(25)10-3-2-4-12(7-10)21-17-23-15(9-20-24-17)22-14-6-5-11(18)8-13(14)19/h2-9H,1H3,(H2,21,22,23,24). The fourth-order valence-corrected chi connectivity index (χ4v) is 2.12. The highest BCUT2D eigenvalue weighted by atomic mass is 19.1. The lowest BCUT2D eigenvalue weighted by Crippen LogP contribution is -2.05. The van der Waals surface area contributed by atoms with E-state index in [0.717, 1.165) is 12.1 Å². The lowest BCUT2D eigenvalue weighted by Gasteiger charge is -2.09. The summed E-state index contributed by atoms with van der Waals surface area (Å²) < 4.78 is 31.3. The molecule has 3 rings (SSSR count). The average Bonchev–Trinajstić information content (AvgIpc) is 2.64. The van der Waals surface area contributed by atoms with Gasteiger partial charge in [-0.15, -0.1) is 5.10 Å². The number of benzene rings is 2. The number of carbonyl (C=O) groups is 1. The van der Waals surface area contributed by atoms with Crippen LogP contribution in [-0.4, -0.2) is 28.3 Å². The van der Waals surface area contributed by atoms with E-state index in [4.69, 9.17) is 0 Å². The van der Waals surface area contributed by atoms with Gasteiger partial charge in [0, 0.05) is 11.8 Å². The molecule has 0 unspecified atom stereocenters. The van der Waals surface area contributed by atoms with E-state index < -0.39 is 17.6 Å². The summed E-state index contributed by atoms with van der Waals surface area (Å²) in [5.74, 6) is -1.59. The Bertz CT molecular complexity index is 952. The molecule has 132 valence electrons. The third-order valence-electron chi connectivity index (χ3n) is 3.29. The Balaban J connectivity index is 1.78. The molecule has 0 spiro atoms. The van der Waals surface area contributed by atoms with Crippen LogP contribution in [0.1, 0.15) is 10.4 Å². The third-order valence-corrected chi connectivity index (χ3v) is 3.29. The molecule has 9 heteroatoms. The zero-order chi connectivity index (χ0) is 18.5. The molecule has 26 heavy (non-hydrogen) atoms. The van der Waals surface area contributed by atoms with Crippen LogP contribution < -0.4 is 10.6 Å². The van der Waals surface area contributed by atoms with Crippen molar-refractivity contribution in [3.8, 4) is 0 Å². The van der Waals surface area contributed by atoms with Crippen LogP contribution >= 0.6 is 0 Å². The van der Waals surface area contributed by atoms with Gasteiger partial charge in [0.1, 0.15) is 11.6 Å². The van der Waals surface area contributed by atoms with E-state index in [9.17, 15) is 13.6 Å². The van der Waals surface area contributed by atoms with E-state index in [2.05, 4.69) is 30.6 Å². The van der Waals surface area contributed by atoms with E-state index in [0.29, 0.717) is 11.3 Å². The number of hydrogen-bond donors (Lipinski definition) is 2. The van der Waals surface area contributed by atoms with Crippen molar-refractivity contribution in [1.82, 2.24) is 15.2 Å². The molecule has 0 aliphatic heterocycles. The molecule has 1 heterocycles. The van der Waals surface area contributed by atoms with Crippen LogP contribution in [0.15, 0.2) is 48.7 Å². The van der Waals surface area contributed by atoms with Crippen molar-refractivity contribution in [2.24, 2.45) is 0 Å². The topological polar surface area (TPSA) is 89.0 Å². The second-order valence-corrected chi connectivity index (χ2v) is 5.11. The highest BCUT2D eigenvalue weighted by molar-refractivity contribution is 5.90. The number of rotatable bonds is 5. The molecule has 0 radical (unpaired) electrons. The molecular formula is C17H13F2N5O2. The van der Waals surface area contributed by atoms with Gasteiger partial charge >= 0.3 is 5.97 Å². The minimum absolute atomic E-state index is 0.0468. The smallest absolute Gasteiger partial charge is 0.337 e. The molecule has 0 saturated heterocycles. The van der Waals surface area contributed by atoms with E-state index in [1.165, 1.54) is 19.4 Å². The summed E-state index contributed by atoms with van der Waals surface area (Å²) in [6, 6.07) is 9.67. The first-order valence-corrected chi connectivity index (χ1v) is 7.42. The Morgan fingerprint density at radius 3 is 2.73 bits per heavy atom. The summed E-state index contributed by atoms with van der Waals surface area (Å²) in [6.07, 6.45) is 1.29. The monoisotopic (exact) mass is 357 g/mol. The predicted molar refractivity (Wildman–Crippen MR) is 90.5 cm³/mol. The molecule has 0 atom stereocenters. The van der Waals surface area contributed by atoms with Crippen LogP contribution in [0.3, 0.4) is 0 Å². The SMILES string of the molecule is COC(=O)c1cccc(Nc2nncc(Nc3ccc(F)cc3F)n2)c1. The Labute approximate surface area is 147 Å². The van der Waals surface area contributed by atoms with E-state index in [1.807, 2.05) is 0 Å². The number of halogens is 2. The second-order valence-electron chi connectivity index (χ2n) is 5.11. The second kappa shape index (κ2) is 7.51. The van der Waals surface area contributed by atoms with Gasteiger partial charge in [0.05, 0.1) is 24.6 Å². The van der Waals surface area contributed by atoms with Gasteiger partial charge in [-0.25, -0.2) is 13.6 Å². The summed E-state index contributed by atoms with van der Waals surface area (Å²) in [5.41, 5.74) is 0.943. The van der Waals surface area contributed by atoms with Gasteiger partial charge in [-0.2, -0.15) is 10.1 Å². The van der Waals surface area contributed by atoms with Crippen LogP contribution in [0.25, 0.3) is 0 Å². The maximum atomic E-state index is 13.7. The number of methoxy groups -OCH3 is 1. The van der Waals surface area contributed by atoms with E-state index in [-0.39, 0.29) is 17.5 Å². The molecule has 7 nitrogen and oxygen atoms in total. The highest BCUT2D eigenvalue weighted by Crippen LogP contribution is 2.20. The molecule has 0 bridgehead atoms. The molecular weight excluding hydrogens is 344 g/mol. The number of carbonyl (C=O) groups excluding carboxylic acids is 1. The summed E-state index contributed by atoms with van der Waals surface area (Å²) >= 11 is 0. The fourth-order valence-electron chi connectivity index (χ4n) is 2.12. The lowest BCUT2D eigenvalue weighted by molar-refractivity contribution is 0.0601. The van der Waals surface area contributed by atoms with Crippen LogP contribution in [-0.2, 0) is 4.74 Å². The van der Waals surface area contributed by atoms with Crippen LogP contribution in [0.4, 0.5) is 31.9 Å². The number of anilines is 4. The quantitative estimate of drug-likeness (QED) is 0.676. The number of ether oxygens (including phenoxy) is 1. The van der Waals surface area contributed by atoms with Crippen LogP contribution in [0.5, 0.6) is 0 Å². The Hall–Kier alpha value is -3.62. The largest absolute Gasteiger partial charge is 0.465 e. The molecule has 1 aromatic heterocycles. The van der Waals surface area contributed by atoms with Gasteiger partial charge in [-0.05, 0) is 30.3 Å². The first-order chi connectivity index (χ1) is 12.5. The van der Waals surface area contributed by atoms with Crippen molar-refractivity contribution in [3.63, 3.8) is 0 Å². The number of esters is 1. The Morgan fingerprint density at radius 1 is 1.12 bits per heavy atom. The zero-order valence-electron chi connectivity index (χ0n) is 13.5. The summed E-state index contributed by atoms with van der Waals surface area (Å²) in [4.78, 5) is 15.7. The molecule has 0 aliphatic rings. The number of aromatic nitrogens is 3. The summed E-state index contributed by atoms with van der Waals surface area (Å²) in [6.45, 7) is 0. The number of nitrogens with zero attached hydrogens (tertiary/aromatic N) is 3. The molecule has 0 aliphatic carbocycles. The van der Waals surface area contributed by atoms with Crippen LogP contribution in [0, 0.1) is 11.6 Å². The van der Waals surface area contributed by atoms with Gasteiger partial charge in [-0.3, -0.25) is 0 Å². The zero-order valence-corrected chi connectivity index (χ0v) is 13.5. The molecule has 3 aromatic rings. The van der Waals surface area contributed by atoms with Crippen molar-refractivity contribution >= 4 is 29.1 Å². The average molecular weight is 357 g/mol. The molecule has 0 fully saturated rings. The van der Waals surface area contributed by atoms with Gasteiger partial charge in [0.25, 0.3) is 0 Å². The first-order valence-electron chi connectivity index (χ1n) is 7.42. The van der Waals surface area contributed by atoms with Crippen molar-refractivity contribution in [3.05, 3.63) is 65.9 Å². The summed E-state index contributed by atoms with van der Waals surface area (Å²) in [5, 5.41) is 13.2. The molecule has 2 N–H and O–H groups in total. The first kappa shape index (κ1) is 17.2. The Morgan fingerprint density at radius 2 is 1.96 bits per heavy atom. The maximum Gasteiger partial charge on any atom is 0.337 e. The molecule has 0 amide bonds. The predicted octanol–water partition coefficient (Wildman–Crippen LogP) is 3.42. The van der Waals surface area contributed by atoms with Gasteiger partial charge in [0.2, 0.25) is 5.95 Å². The van der Waals surface area contributed by atoms with Crippen LogP contribution in [0.2, 0.25) is 0 Å². The van der Waals surface area contributed by atoms with Gasteiger partial charge in [0.15, 0.2) is 5.82 Å². The lowest BCUT2D eigenvalue weighted by atomic mass is 10.2. The van der Waals surface area contributed by atoms with E-state index >= 15 is 0 Å². The van der Waals surface area contributed by atoms with Crippen molar-refractivity contribution in [2.45, 2.75) is 0 Å². The van der Waals surface area contributed by atoms with Gasteiger partial charge in [-0.1, -0.05) is 6.07 Å². The number of hydrogen-bond acceptors (Lipinski definition) is 7. The van der Waals surface area contributed by atoms with Gasteiger partial charge < -0.3 is 15.4 Å². The highest BCUT2D eigenvalue weighted by Gasteiger charge is 2.09. The van der Waals surface area contributed by atoms with Crippen molar-refractivity contribution < 1.29 is 18.3 Å². The van der Waals surface area contributed by atoms with E-state index in [1.54, 1.807) is 24.3 Å². The molecule has 0 saturated carbocycles. The minimum atomic E-state index is -0.760. The third kappa shape index (κ3) is 4.07. The van der Waals surface area contributed by atoms with Crippen molar-refractivity contribution in [1.29, 1.82) is 0 Å². The van der Waals surface area contributed by atoms with Crippen molar-refractivity contribution in [2.75, 3.05) is 17.7 Å². The maximum absolute atomic E-state index is 13.7.